The Balaban J connectivity index is 1.63. The van der Waals surface area contributed by atoms with Gasteiger partial charge in [0.25, 0.3) is 0 Å². The van der Waals surface area contributed by atoms with Crippen LogP contribution in [-0.4, -0.2) is 29.3 Å². The lowest BCUT2D eigenvalue weighted by Crippen LogP contribution is -2.15. The molecule has 0 saturated heterocycles. The number of nitrogens with zero attached hydrogens (tertiary/aromatic N) is 1. The molecule has 0 aliphatic carbocycles. The van der Waals surface area contributed by atoms with E-state index in [9.17, 15) is 14.3 Å². The van der Waals surface area contributed by atoms with Crippen molar-refractivity contribution in [3.63, 3.8) is 0 Å². The second-order valence-corrected chi connectivity index (χ2v) is 6.54. The predicted octanol–water partition coefficient (Wildman–Crippen LogP) is 4.77. The quantitative estimate of drug-likeness (QED) is 0.542. The van der Waals surface area contributed by atoms with Gasteiger partial charge in [-0.25, -0.2) is 14.2 Å². The number of carboxylic acid groups (broad SMARTS) is 1. The summed E-state index contributed by atoms with van der Waals surface area (Å²) in [5.41, 5.74) is 1.63. The summed E-state index contributed by atoms with van der Waals surface area (Å²) in [6.45, 7) is 0.828. The van der Waals surface area contributed by atoms with E-state index in [0.717, 1.165) is 0 Å². The van der Waals surface area contributed by atoms with Crippen LogP contribution in [-0.2, 0) is 0 Å². The molecule has 29 heavy (non-hydrogen) atoms. The van der Waals surface area contributed by atoms with Gasteiger partial charge in [-0.3, -0.25) is 0 Å². The van der Waals surface area contributed by atoms with Gasteiger partial charge in [0, 0.05) is 17.0 Å². The fourth-order valence-corrected chi connectivity index (χ4v) is 3.31. The maximum absolute atomic E-state index is 13.1. The van der Waals surface area contributed by atoms with Crippen LogP contribution in [0.25, 0.3) is 33.7 Å². The third kappa shape index (κ3) is 3.06. The molecule has 3 heterocycles. The molecule has 1 aliphatic rings. The molecule has 1 aliphatic heterocycles. The summed E-state index contributed by atoms with van der Waals surface area (Å²) in [5.74, 6) is 0.538. The zero-order chi connectivity index (χ0) is 20.0. The molecule has 0 saturated carbocycles. The number of carboxylic acids is 1. The van der Waals surface area contributed by atoms with Crippen molar-refractivity contribution in [1.29, 1.82) is 0 Å². The van der Waals surface area contributed by atoms with Crippen molar-refractivity contribution in [1.82, 2.24) is 4.98 Å². The maximum atomic E-state index is 13.1. The number of benzene rings is 2. The summed E-state index contributed by atoms with van der Waals surface area (Å²) in [4.78, 5) is 16.4. The number of hydrogen-bond donors (Lipinski definition) is 1. The Morgan fingerprint density at radius 1 is 0.931 bits per heavy atom. The summed E-state index contributed by atoms with van der Waals surface area (Å²) >= 11 is 0. The molecule has 2 aromatic carbocycles. The molecule has 0 atom stereocenters. The average Bonchev–Trinajstić information content (AvgIpc) is 3.22. The smallest absolute Gasteiger partial charge is 0.336 e. The van der Waals surface area contributed by atoms with Gasteiger partial charge in [0.15, 0.2) is 17.3 Å². The predicted molar refractivity (Wildman–Crippen MR) is 103 cm³/mol. The molecule has 0 spiro atoms. The summed E-state index contributed by atoms with van der Waals surface area (Å²) in [6, 6.07) is 14.1. The van der Waals surface area contributed by atoms with Gasteiger partial charge in [-0.1, -0.05) is 0 Å². The first-order valence-electron chi connectivity index (χ1n) is 8.92. The van der Waals surface area contributed by atoms with Crippen molar-refractivity contribution in [3.05, 3.63) is 66.0 Å². The lowest BCUT2D eigenvalue weighted by Gasteiger charge is -2.19. The van der Waals surface area contributed by atoms with E-state index in [1.165, 1.54) is 18.2 Å². The molecule has 0 amide bonds. The standard InChI is InChI=1S/C22H14FNO5/c23-13-3-1-12(2-4-13)18-5-6-19(29-18)17-9-15(22(25)26)14-10-20-21(11-16(14)24-17)28-8-7-27-20/h1-6,9-11H,7-8H2,(H,25,26). The summed E-state index contributed by atoms with van der Waals surface area (Å²) in [6.07, 6.45) is 0. The monoisotopic (exact) mass is 391 g/mol. The molecule has 4 aromatic rings. The van der Waals surface area contributed by atoms with Gasteiger partial charge in [-0.2, -0.15) is 0 Å². The van der Waals surface area contributed by atoms with Gasteiger partial charge in [0.05, 0.1) is 11.1 Å². The third-order valence-corrected chi connectivity index (χ3v) is 4.69. The van der Waals surface area contributed by atoms with E-state index in [4.69, 9.17) is 13.9 Å². The molecule has 5 rings (SSSR count). The van der Waals surface area contributed by atoms with Crippen molar-refractivity contribution < 1.29 is 28.2 Å². The van der Waals surface area contributed by atoms with Crippen LogP contribution >= 0.6 is 0 Å². The number of aromatic nitrogens is 1. The Morgan fingerprint density at radius 3 is 2.34 bits per heavy atom. The van der Waals surface area contributed by atoms with Crippen molar-refractivity contribution >= 4 is 16.9 Å². The minimum absolute atomic E-state index is 0.0849. The summed E-state index contributed by atoms with van der Waals surface area (Å²) < 4.78 is 30.1. The number of furan rings is 1. The first kappa shape index (κ1) is 17.2. The molecule has 0 bridgehead atoms. The number of hydrogen-bond acceptors (Lipinski definition) is 5. The Kier molecular flexibility index (Phi) is 3.94. The van der Waals surface area contributed by atoms with Crippen LogP contribution in [0, 0.1) is 5.82 Å². The van der Waals surface area contributed by atoms with Gasteiger partial charge in [-0.15, -0.1) is 0 Å². The van der Waals surface area contributed by atoms with E-state index >= 15 is 0 Å². The third-order valence-electron chi connectivity index (χ3n) is 4.69. The maximum Gasteiger partial charge on any atom is 0.336 e. The van der Waals surface area contributed by atoms with Crippen LogP contribution < -0.4 is 9.47 Å². The van der Waals surface area contributed by atoms with Crippen LogP contribution in [0.15, 0.2) is 59.0 Å². The zero-order valence-corrected chi connectivity index (χ0v) is 15.0. The molecule has 0 fully saturated rings. The lowest BCUT2D eigenvalue weighted by molar-refractivity contribution is 0.0699. The molecule has 7 heteroatoms. The van der Waals surface area contributed by atoms with Crippen molar-refractivity contribution in [2.24, 2.45) is 0 Å². The number of fused-ring (bicyclic) bond motifs is 2. The number of aromatic carboxylic acids is 1. The summed E-state index contributed by atoms with van der Waals surface area (Å²) in [7, 11) is 0. The highest BCUT2D eigenvalue weighted by Crippen LogP contribution is 2.37. The Bertz CT molecular complexity index is 1250. The SMILES string of the molecule is O=C(O)c1cc(-c2ccc(-c3ccc(F)cc3)o2)nc2cc3c(cc12)OCCO3. The molecule has 0 radical (unpaired) electrons. The van der Waals surface area contributed by atoms with E-state index in [-0.39, 0.29) is 11.4 Å². The normalized spacial score (nSPS) is 12.9. The van der Waals surface area contributed by atoms with E-state index in [1.54, 1.807) is 36.4 Å². The topological polar surface area (TPSA) is 81.8 Å². The van der Waals surface area contributed by atoms with Gasteiger partial charge >= 0.3 is 5.97 Å². The Labute approximate surface area is 164 Å². The van der Waals surface area contributed by atoms with Crippen molar-refractivity contribution in [3.8, 4) is 34.3 Å². The van der Waals surface area contributed by atoms with E-state index in [0.29, 0.717) is 58.4 Å². The fraction of sp³-hybridized carbons (Fsp3) is 0.0909. The molecule has 2 aromatic heterocycles. The van der Waals surface area contributed by atoms with E-state index < -0.39 is 5.97 Å². The molecule has 144 valence electrons. The lowest BCUT2D eigenvalue weighted by atomic mass is 10.1. The number of pyridine rings is 1. The fourth-order valence-electron chi connectivity index (χ4n) is 3.31. The molecule has 1 N–H and O–H groups in total. The largest absolute Gasteiger partial charge is 0.486 e. The molecular formula is C22H14FNO5. The minimum Gasteiger partial charge on any atom is -0.486 e. The zero-order valence-electron chi connectivity index (χ0n) is 15.0. The van der Waals surface area contributed by atoms with E-state index in [1.807, 2.05) is 0 Å². The van der Waals surface area contributed by atoms with Crippen LogP contribution in [0.5, 0.6) is 11.5 Å². The number of halogens is 1. The first-order chi connectivity index (χ1) is 14.1. The molecular weight excluding hydrogens is 377 g/mol. The average molecular weight is 391 g/mol. The van der Waals surface area contributed by atoms with Crippen molar-refractivity contribution in [2.75, 3.05) is 13.2 Å². The van der Waals surface area contributed by atoms with Crippen molar-refractivity contribution in [2.45, 2.75) is 0 Å². The van der Waals surface area contributed by atoms with Gasteiger partial charge < -0.3 is 19.0 Å². The molecule has 0 unspecified atom stereocenters. The van der Waals surface area contributed by atoms with Gasteiger partial charge in [0.1, 0.15) is 30.5 Å². The van der Waals surface area contributed by atoms with Crippen LogP contribution in [0.2, 0.25) is 0 Å². The number of carbonyl (C=O) groups is 1. The van der Waals surface area contributed by atoms with Crippen LogP contribution in [0.4, 0.5) is 4.39 Å². The minimum atomic E-state index is -1.08. The summed E-state index contributed by atoms with van der Waals surface area (Å²) in [5, 5.41) is 10.2. The highest BCUT2D eigenvalue weighted by atomic mass is 19.1. The first-order valence-corrected chi connectivity index (χ1v) is 8.92. The van der Waals surface area contributed by atoms with Gasteiger partial charge in [0.2, 0.25) is 0 Å². The van der Waals surface area contributed by atoms with Crippen LogP contribution in [0.1, 0.15) is 10.4 Å². The highest BCUT2D eigenvalue weighted by molar-refractivity contribution is 6.04. The molecule has 6 nitrogen and oxygen atoms in total. The second-order valence-electron chi connectivity index (χ2n) is 6.54. The van der Waals surface area contributed by atoms with Gasteiger partial charge in [-0.05, 0) is 48.5 Å². The second kappa shape index (κ2) is 6.63. The Morgan fingerprint density at radius 2 is 1.62 bits per heavy atom. The van der Waals surface area contributed by atoms with Crippen LogP contribution in [0.3, 0.4) is 0 Å². The van der Waals surface area contributed by atoms with E-state index in [2.05, 4.69) is 4.98 Å². The Hall–Kier alpha value is -3.87. The highest BCUT2D eigenvalue weighted by Gasteiger charge is 2.20. The number of ether oxygens (including phenoxy) is 2. The number of rotatable bonds is 3.